The first-order valence-corrected chi connectivity index (χ1v) is 7.75. The van der Waals surface area contributed by atoms with E-state index in [1.54, 1.807) is 0 Å². The zero-order valence-electron chi connectivity index (χ0n) is 13.2. The second-order valence-electron chi connectivity index (χ2n) is 5.92. The molecule has 2 heterocycles. The van der Waals surface area contributed by atoms with Crippen molar-refractivity contribution in [3.05, 3.63) is 23.2 Å². The second kappa shape index (κ2) is 7.25. The monoisotopic (exact) mass is 280 g/mol. The summed E-state index contributed by atoms with van der Waals surface area (Å²) in [5, 5.41) is 3.38. The van der Waals surface area contributed by atoms with Crippen molar-refractivity contribution in [2.24, 2.45) is 0 Å². The summed E-state index contributed by atoms with van der Waals surface area (Å²) in [5.74, 6) is 2.09. The zero-order chi connectivity index (χ0) is 14.5. The lowest BCUT2D eigenvalue weighted by atomic mass is 10.2. The van der Waals surface area contributed by atoms with Gasteiger partial charge in [-0.3, -0.25) is 4.90 Å². The summed E-state index contributed by atoms with van der Waals surface area (Å²) < 4.78 is 11.6. The zero-order valence-corrected chi connectivity index (χ0v) is 13.2. The number of hydrogen-bond acceptors (Lipinski definition) is 4. The number of ether oxygens (including phenoxy) is 1. The van der Waals surface area contributed by atoms with E-state index in [-0.39, 0.29) is 0 Å². The van der Waals surface area contributed by atoms with E-state index in [2.05, 4.69) is 44.0 Å². The van der Waals surface area contributed by atoms with Gasteiger partial charge in [0, 0.05) is 25.2 Å². The lowest BCUT2D eigenvalue weighted by Gasteiger charge is -2.35. The maximum Gasteiger partial charge on any atom is 0.118 e. The summed E-state index contributed by atoms with van der Waals surface area (Å²) >= 11 is 0. The first-order valence-electron chi connectivity index (χ1n) is 7.75. The van der Waals surface area contributed by atoms with Gasteiger partial charge in [0.05, 0.1) is 18.8 Å². The van der Waals surface area contributed by atoms with Gasteiger partial charge < -0.3 is 14.5 Å². The summed E-state index contributed by atoms with van der Waals surface area (Å²) in [5.41, 5.74) is 1.31. The van der Waals surface area contributed by atoms with Crippen molar-refractivity contribution in [3.8, 4) is 0 Å². The molecule has 1 aromatic rings. The number of aryl methyl sites for hydroxylation is 1. The Hall–Kier alpha value is -0.840. The molecule has 0 spiro atoms. The Morgan fingerprint density at radius 2 is 2.00 bits per heavy atom. The fraction of sp³-hybridized carbons (Fsp3) is 0.750. The van der Waals surface area contributed by atoms with Gasteiger partial charge in [-0.05, 0) is 39.8 Å². The number of nitrogens with zero attached hydrogens (tertiary/aromatic N) is 1. The van der Waals surface area contributed by atoms with Crippen LogP contribution in [-0.2, 0) is 17.8 Å². The van der Waals surface area contributed by atoms with Crippen LogP contribution in [0.25, 0.3) is 0 Å². The summed E-state index contributed by atoms with van der Waals surface area (Å²) in [6.07, 6.45) is 1.78. The average Bonchev–Trinajstić information content (AvgIpc) is 2.69. The molecule has 2 atom stereocenters. The molecule has 114 valence electrons. The van der Waals surface area contributed by atoms with Gasteiger partial charge in [0.1, 0.15) is 11.5 Å². The molecule has 0 unspecified atom stereocenters. The van der Waals surface area contributed by atoms with Crippen molar-refractivity contribution in [2.75, 3.05) is 19.6 Å². The second-order valence-corrected chi connectivity index (χ2v) is 5.92. The van der Waals surface area contributed by atoms with E-state index in [9.17, 15) is 0 Å². The molecule has 1 aliphatic heterocycles. The van der Waals surface area contributed by atoms with Gasteiger partial charge >= 0.3 is 0 Å². The van der Waals surface area contributed by atoms with Crippen molar-refractivity contribution in [2.45, 2.75) is 59.4 Å². The van der Waals surface area contributed by atoms with Gasteiger partial charge in [0.25, 0.3) is 0 Å². The minimum absolute atomic E-state index is 0.316. The molecule has 2 rings (SSSR count). The normalized spacial score (nSPS) is 24.2. The van der Waals surface area contributed by atoms with Crippen LogP contribution in [0.15, 0.2) is 10.5 Å². The van der Waals surface area contributed by atoms with Gasteiger partial charge in [-0.2, -0.15) is 0 Å². The van der Waals surface area contributed by atoms with Crippen LogP contribution in [0.4, 0.5) is 0 Å². The highest BCUT2D eigenvalue weighted by molar-refractivity contribution is 5.20. The fourth-order valence-electron chi connectivity index (χ4n) is 2.87. The Bertz CT molecular complexity index is 407. The van der Waals surface area contributed by atoms with Crippen LogP contribution in [-0.4, -0.2) is 36.7 Å². The molecule has 1 fully saturated rings. The standard InChI is InChI=1S/C16H28N2O2/c1-5-6-17-8-16-7-15(14(4)20-16)11-18-9-12(2)19-13(3)10-18/h7,12-13,17H,5-6,8-11H2,1-4H3/t12-,13+. The van der Waals surface area contributed by atoms with E-state index in [4.69, 9.17) is 9.15 Å². The Morgan fingerprint density at radius 1 is 1.30 bits per heavy atom. The summed E-state index contributed by atoms with van der Waals surface area (Å²) in [6.45, 7) is 13.3. The lowest BCUT2D eigenvalue weighted by Crippen LogP contribution is -2.44. The summed E-state index contributed by atoms with van der Waals surface area (Å²) in [7, 11) is 0. The van der Waals surface area contributed by atoms with Gasteiger partial charge in [0.2, 0.25) is 0 Å². The average molecular weight is 280 g/mol. The van der Waals surface area contributed by atoms with Crippen LogP contribution in [0.5, 0.6) is 0 Å². The van der Waals surface area contributed by atoms with Crippen molar-refractivity contribution in [3.63, 3.8) is 0 Å². The van der Waals surface area contributed by atoms with Crippen LogP contribution in [0, 0.1) is 6.92 Å². The third-order valence-corrected chi connectivity index (χ3v) is 3.69. The van der Waals surface area contributed by atoms with E-state index < -0.39 is 0 Å². The topological polar surface area (TPSA) is 37.6 Å². The number of morpholine rings is 1. The maximum absolute atomic E-state index is 5.84. The molecule has 4 heteroatoms. The smallest absolute Gasteiger partial charge is 0.118 e. The molecule has 1 N–H and O–H groups in total. The molecule has 0 saturated carbocycles. The Balaban J connectivity index is 1.91. The first-order chi connectivity index (χ1) is 9.58. The van der Waals surface area contributed by atoms with Crippen molar-refractivity contribution in [1.29, 1.82) is 0 Å². The molecule has 20 heavy (non-hydrogen) atoms. The molecule has 1 aromatic heterocycles. The minimum Gasteiger partial charge on any atom is -0.465 e. The first kappa shape index (κ1) is 15.5. The number of hydrogen-bond donors (Lipinski definition) is 1. The van der Waals surface area contributed by atoms with E-state index >= 15 is 0 Å². The van der Waals surface area contributed by atoms with E-state index in [0.29, 0.717) is 12.2 Å². The highest BCUT2D eigenvalue weighted by Crippen LogP contribution is 2.19. The lowest BCUT2D eigenvalue weighted by molar-refractivity contribution is -0.0705. The number of rotatable bonds is 6. The van der Waals surface area contributed by atoms with Gasteiger partial charge in [-0.25, -0.2) is 0 Å². The van der Waals surface area contributed by atoms with Crippen LogP contribution in [0.1, 0.15) is 44.3 Å². The molecule has 0 radical (unpaired) electrons. The van der Waals surface area contributed by atoms with E-state index in [1.807, 2.05) is 0 Å². The van der Waals surface area contributed by atoms with Crippen LogP contribution in [0.3, 0.4) is 0 Å². The molecule has 0 amide bonds. The molecule has 1 aliphatic rings. The molecule has 0 bridgehead atoms. The Labute approximate surface area is 122 Å². The van der Waals surface area contributed by atoms with Gasteiger partial charge in [-0.15, -0.1) is 0 Å². The van der Waals surface area contributed by atoms with Crippen molar-refractivity contribution in [1.82, 2.24) is 10.2 Å². The molecule has 1 saturated heterocycles. The van der Waals surface area contributed by atoms with Crippen LogP contribution < -0.4 is 5.32 Å². The number of furan rings is 1. The third kappa shape index (κ3) is 4.33. The summed E-state index contributed by atoms with van der Waals surface area (Å²) in [4.78, 5) is 2.46. The van der Waals surface area contributed by atoms with E-state index in [0.717, 1.165) is 50.7 Å². The Kier molecular flexibility index (Phi) is 5.64. The van der Waals surface area contributed by atoms with E-state index in [1.165, 1.54) is 5.56 Å². The number of nitrogens with one attached hydrogen (secondary N) is 1. The summed E-state index contributed by atoms with van der Waals surface area (Å²) in [6, 6.07) is 2.20. The SMILES string of the molecule is CCCNCc1cc(CN2C[C@@H](C)O[C@@H](C)C2)c(C)o1. The predicted octanol–water partition coefficient (Wildman–Crippen LogP) is 2.70. The third-order valence-electron chi connectivity index (χ3n) is 3.69. The van der Waals surface area contributed by atoms with Gasteiger partial charge in [0.15, 0.2) is 0 Å². The predicted molar refractivity (Wildman–Crippen MR) is 80.7 cm³/mol. The van der Waals surface area contributed by atoms with Crippen molar-refractivity contribution >= 4 is 0 Å². The quantitative estimate of drug-likeness (QED) is 0.813. The molecular weight excluding hydrogens is 252 g/mol. The van der Waals surface area contributed by atoms with Crippen LogP contribution >= 0.6 is 0 Å². The highest BCUT2D eigenvalue weighted by Gasteiger charge is 2.23. The fourth-order valence-corrected chi connectivity index (χ4v) is 2.87. The van der Waals surface area contributed by atoms with Gasteiger partial charge in [-0.1, -0.05) is 6.92 Å². The molecule has 0 aliphatic carbocycles. The van der Waals surface area contributed by atoms with Crippen molar-refractivity contribution < 1.29 is 9.15 Å². The molecular formula is C16H28N2O2. The molecule has 0 aromatic carbocycles. The minimum atomic E-state index is 0.316. The van der Waals surface area contributed by atoms with Crippen LogP contribution in [0.2, 0.25) is 0 Å². The highest BCUT2D eigenvalue weighted by atomic mass is 16.5. The largest absolute Gasteiger partial charge is 0.465 e. The maximum atomic E-state index is 5.84. The Morgan fingerprint density at radius 3 is 2.65 bits per heavy atom. The molecule has 4 nitrogen and oxygen atoms in total.